The maximum atomic E-state index is 5.81. The lowest BCUT2D eigenvalue weighted by Crippen LogP contribution is -2.34. The molecule has 1 fully saturated rings. The Balaban J connectivity index is 2.49. The molecular weight excluding hydrogens is 168 g/mol. The highest BCUT2D eigenvalue weighted by molar-refractivity contribution is 4.75. The van der Waals surface area contributed by atoms with E-state index in [1.54, 1.807) is 14.2 Å². The topological polar surface area (TPSA) is 27.7 Å². The fourth-order valence-corrected chi connectivity index (χ4v) is 1.83. The van der Waals surface area contributed by atoms with Crippen LogP contribution in [0.4, 0.5) is 0 Å². The Morgan fingerprint density at radius 3 is 2.69 bits per heavy atom. The maximum Gasteiger partial charge on any atom is 0.107 e. The predicted molar refractivity (Wildman–Crippen MR) is 50.9 cm³/mol. The molecule has 1 aliphatic heterocycles. The summed E-state index contributed by atoms with van der Waals surface area (Å²) in [5.74, 6) is 0. The van der Waals surface area contributed by atoms with Gasteiger partial charge in [-0.05, 0) is 26.2 Å². The summed E-state index contributed by atoms with van der Waals surface area (Å²) in [4.78, 5) is 0. The van der Waals surface area contributed by atoms with Gasteiger partial charge < -0.3 is 14.2 Å². The Morgan fingerprint density at radius 2 is 2.08 bits per heavy atom. The van der Waals surface area contributed by atoms with Crippen LogP contribution in [0.3, 0.4) is 0 Å². The molecule has 78 valence electrons. The molecule has 0 aromatic rings. The van der Waals surface area contributed by atoms with Crippen LogP contribution in [0.5, 0.6) is 0 Å². The van der Waals surface area contributed by atoms with Gasteiger partial charge in [0.25, 0.3) is 0 Å². The summed E-state index contributed by atoms with van der Waals surface area (Å²) in [6, 6.07) is 0. The van der Waals surface area contributed by atoms with Gasteiger partial charge in [0.15, 0.2) is 0 Å². The van der Waals surface area contributed by atoms with Crippen molar-refractivity contribution in [3.05, 3.63) is 0 Å². The number of methoxy groups -OCH3 is 2. The second-order valence-corrected chi connectivity index (χ2v) is 3.65. The van der Waals surface area contributed by atoms with Crippen LogP contribution < -0.4 is 0 Å². The van der Waals surface area contributed by atoms with Gasteiger partial charge in [-0.25, -0.2) is 0 Å². The Labute approximate surface area is 80.4 Å². The standard InChI is InChI=1S/C10H20O3/c1-8-5-4-6-9(12-3)10(13-8)7-11-2/h8-10H,4-7H2,1-3H3/t8-,9-,10+/m0/s1. The predicted octanol–water partition coefficient (Wildman–Crippen LogP) is 1.61. The third kappa shape index (κ3) is 3.25. The van der Waals surface area contributed by atoms with Gasteiger partial charge in [-0.2, -0.15) is 0 Å². The highest BCUT2D eigenvalue weighted by Gasteiger charge is 2.26. The van der Waals surface area contributed by atoms with Gasteiger partial charge in [0.05, 0.1) is 18.8 Å². The molecule has 13 heavy (non-hydrogen) atoms. The molecule has 1 aliphatic rings. The van der Waals surface area contributed by atoms with E-state index in [0.29, 0.717) is 12.7 Å². The van der Waals surface area contributed by atoms with Crippen molar-refractivity contribution < 1.29 is 14.2 Å². The summed E-state index contributed by atoms with van der Waals surface area (Å²) < 4.78 is 16.3. The molecule has 0 N–H and O–H groups in total. The highest BCUT2D eigenvalue weighted by atomic mass is 16.6. The molecule has 0 spiro atoms. The molecule has 3 heteroatoms. The van der Waals surface area contributed by atoms with Crippen molar-refractivity contribution in [2.24, 2.45) is 0 Å². The number of hydrogen-bond acceptors (Lipinski definition) is 3. The highest BCUT2D eigenvalue weighted by Crippen LogP contribution is 2.20. The van der Waals surface area contributed by atoms with E-state index in [9.17, 15) is 0 Å². The largest absolute Gasteiger partial charge is 0.382 e. The van der Waals surface area contributed by atoms with Crippen LogP contribution in [-0.2, 0) is 14.2 Å². The third-order valence-electron chi connectivity index (χ3n) is 2.55. The minimum absolute atomic E-state index is 0.104. The number of rotatable bonds is 3. The van der Waals surface area contributed by atoms with Crippen LogP contribution in [0.25, 0.3) is 0 Å². The van der Waals surface area contributed by atoms with Crippen LogP contribution in [0.2, 0.25) is 0 Å². The van der Waals surface area contributed by atoms with Gasteiger partial charge >= 0.3 is 0 Å². The summed E-state index contributed by atoms with van der Waals surface area (Å²) in [6.07, 6.45) is 4.02. The van der Waals surface area contributed by atoms with Gasteiger partial charge in [-0.15, -0.1) is 0 Å². The van der Waals surface area contributed by atoms with E-state index in [-0.39, 0.29) is 12.2 Å². The smallest absolute Gasteiger partial charge is 0.107 e. The second kappa shape index (κ2) is 5.58. The van der Waals surface area contributed by atoms with Crippen molar-refractivity contribution in [2.45, 2.75) is 44.5 Å². The van der Waals surface area contributed by atoms with Gasteiger partial charge in [0.1, 0.15) is 6.10 Å². The first kappa shape index (κ1) is 11.0. The molecule has 1 heterocycles. The van der Waals surface area contributed by atoms with Crippen LogP contribution in [-0.4, -0.2) is 39.1 Å². The van der Waals surface area contributed by atoms with Gasteiger partial charge in [0, 0.05) is 14.2 Å². The quantitative estimate of drug-likeness (QED) is 0.673. The average molecular weight is 188 g/mol. The first-order valence-corrected chi connectivity index (χ1v) is 4.95. The zero-order chi connectivity index (χ0) is 9.68. The van der Waals surface area contributed by atoms with Gasteiger partial charge in [-0.3, -0.25) is 0 Å². The Kier molecular flexibility index (Phi) is 4.70. The second-order valence-electron chi connectivity index (χ2n) is 3.65. The Hall–Kier alpha value is -0.120. The van der Waals surface area contributed by atoms with E-state index in [1.165, 1.54) is 6.42 Å². The molecule has 1 saturated heterocycles. The van der Waals surface area contributed by atoms with Crippen molar-refractivity contribution in [1.82, 2.24) is 0 Å². The number of ether oxygens (including phenoxy) is 3. The van der Waals surface area contributed by atoms with E-state index in [0.717, 1.165) is 12.8 Å². The summed E-state index contributed by atoms with van der Waals surface area (Å²) in [5, 5.41) is 0. The summed E-state index contributed by atoms with van der Waals surface area (Å²) >= 11 is 0. The molecule has 0 saturated carbocycles. The first-order chi connectivity index (χ1) is 6.27. The fraction of sp³-hybridized carbons (Fsp3) is 1.00. The maximum absolute atomic E-state index is 5.81. The zero-order valence-electron chi connectivity index (χ0n) is 8.79. The summed E-state index contributed by atoms with van der Waals surface area (Å²) in [5.41, 5.74) is 0. The molecular formula is C10H20O3. The molecule has 0 aliphatic carbocycles. The van der Waals surface area contributed by atoms with E-state index in [4.69, 9.17) is 14.2 Å². The third-order valence-corrected chi connectivity index (χ3v) is 2.55. The molecule has 3 atom stereocenters. The van der Waals surface area contributed by atoms with Crippen LogP contribution in [0.15, 0.2) is 0 Å². The lowest BCUT2D eigenvalue weighted by Gasteiger charge is -2.24. The lowest BCUT2D eigenvalue weighted by molar-refractivity contribution is -0.0996. The zero-order valence-corrected chi connectivity index (χ0v) is 8.79. The normalized spacial score (nSPS) is 35.8. The van der Waals surface area contributed by atoms with Crippen molar-refractivity contribution >= 4 is 0 Å². The molecule has 0 aromatic heterocycles. The monoisotopic (exact) mass is 188 g/mol. The van der Waals surface area contributed by atoms with E-state index < -0.39 is 0 Å². The van der Waals surface area contributed by atoms with Gasteiger partial charge in [0.2, 0.25) is 0 Å². The average Bonchev–Trinajstić information content (AvgIpc) is 2.28. The van der Waals surface area contributed by atoms with E-state index >= 15 is 0 Å². The van der Waals surface area contributed by atoms with Crippen molar-refractivity contribution in [3.8, 4) is 0 Å². The summed E-state index contributed by atoms with van der Waals surface area (Å²) in [6.45, 7) is 2.74. The Morgan fingerprint density at radius 1 is 1.31 bits per heavy atom. The molecule has 0 bridgehead atoms. The number of hydrogen-bond donors (Lipinski definition) is 0. The Bertz CT molecular complexity index is 138. The minimum Gasteiger partial charge on any atom is -0.382 e. The molecule has 1 rings (SSSR count). The van der Waals surface area contributed by atoms with Gasteiger partial charge in [-0.1, -0.05) is 0 Å². The fourth-order valence-electron chi connectivity index (χ4n) is 1.83. The summed E-state index contributed by atoms with van der Waals surface area (Å²) in [7, 11) is 3.44. The van der Waals surface area contributed by atoms with Crippen LogP contribution in [0, 0.1) is 0 Å². The van der Waals surface area contributed by atoms with Crippen LogP contribution in [0.1, 0.15) is 26.2 Å². The van der Waals surface area contributed by atoms with E-state index in [1.807, 2.05) is 0 Å². The van der Waals surface area contributed by atoms with Crippen molar-refractivity contribution in [1.29, 1.82) is 0 Å². The molecule has 3 nitrogen and oxygen atoms in total. The molecule has 0 radical (unpaired) electrons. The van der Waals surface area contributed by atoms with Crippen LogP contribution >= 0.6 is 0 Å². The molecule has 0 amide bonds. The molecule has 0 aromatic carbocycles. The molecule has 0 unspecified atom stereocenters. The van der Waals surface area contributed by atoms with E-state index in [2.05, 4.69) is 6.92 Å². The van der Waals surface area contributed by atoms with Crippen molar-refractivity contribution in [2.75, 3.05) is 20.8 Å². The lowest BCUT2D eigenvalue weighted by atomic mass is 10.1. The van der Waals surface area contributed by atoms with Crippen molar-refractivity contribution in [3.63, 3.8) is 0 Å². The first-order valence-electron chi connectivity index (χ1n) is 4.95. The SMILES string of the molecule is COC[C@H]1O[C@@H](C)CCC[C@@H]1OC. The minimum atomic E-state index is 0.104.